The lowest BCUT2D eigenvalue weighted by atomic mass is 10.0. The minimum Gasteiger partial charge on any atom is -0.495 e. The molecule has 30 heavy (non-hydrogen) atoms. The van der Waals surface area contributed by atoms with Gasteiger partial charge < -0.3 is 19.9 Å². The maximum Gasteiger partial charge on any atom is 0.322 e. The van der Waals surface area contributed by atoms with Gasteiger partial charge in [0.2, 0.25) is 0 Å². The molecule has 0 radical (unpaired) electrons. The molecular formula is C25H35N3O2. The molecule has 1 aliphatic rings. The molecule has 5 nitrogen and oxygen atoms in total. The Balaban J connectivity index is 1.66. The van der Waals surface area contributed by atoms with Crippen molar-refractivity contribution in [3.63, 3.8) is 0 Å². The molecule has 2 aromatic carbocycles. The highest BCUT2D eigenvalue weighted by Gasteiger charge is 2.20. The first-order valence-electron chi connectivity index (χ1n) is 11.1. The summed E-state index contributed by atoms with van der Waals surface area (Å²) >= 11 is 0. The zero-order valence-corrected chi connectivity index (χ0v) is 18.6. The average Bonchev–Trinajstić information content (AvgIpc) is 2.76. The molecule has 1 saturated heterocycles. The van der Waals surface area contributed by atoms with Gasteiger partial charge in [-0.05, 0) is 57.4 Å². The Morgan fingerprint density at radius 2 is 1.93 bits per heavy atom. The molecule has 3 rings (SSSR count). The summed E-state index contributed by atoms with van der Waals surface area (Å²) in [6.45, 7) is 7.92. The molecule has 1 heterocycles. The molecule has 2 amide bonds. The van der Waals surface area contributed by atoms with E-state index < -0.39 is 0 Å². The van der Waals surface area contributed by atoms with E-state index in [0.29, 0.717) is 24.0 Å². The van der Waals surface area contributed by atoms with Crippen LogP contribution in [-0.2, 0) is 6.54 Å². The van der Waals surface area contributed by atoms with Crippen LogP contribution in [0.25, 0.3) is 0 Å². The molecule has 0 aromatic heterocycles. The number of methoxy groups -OCH3 is 1. The lowest BCUT2D eigenvalue weighted by Gasteiger charge is -2.34. The Morgan fingerprint density at radius 1 is 1.17 bits per heavy atom. The molecule has 1 fully saturated rings. The minimum absolute atomic E-state index is 0.0910. The number of para-hydroxylation sites is 2. The second kappa shape index (κ2) is 11.0. The summed E-state index contributed by atoms with van der Waals surface area (Å²) in [6.07, 6.45) is 4.86. The van der Waals surface area contributed by atoms with Crippen LogP contribution < -0.4 is 10.1 Å². The van der Waals surface area contributed by atoms with Gasteiger partial charge in [-0.1, -0.05) is 48.4 Å². The first-order valence-corrected chi connectivity index (χ1v) is 11.1. The third-order valence-electron chi connectivity index (χ3n) is 5.94. The van der Waals surface area contributed by atoms with Crippen molar-refractivity contribution in [1.82, 2.24) is 9.80 Å². The molecule has 1 aliphatic heterocycles. The van der Waals surface area contributed by atoms with E-state index in [1.54, 1.807) is 7.11 Å². The second-order valence-corrected chi connectivity index (χ2v) is 8.27. The maximum absolute atomic E-state index is 13.1. The number of urea groups is 1. The summed E-state index contributed by atoms with van der Waals surface area (Å²) in [5.41, 5.74) is 3.06. The molecule has 0 saturated carbocycles. The van der Waals surface area contributed by atoms with Crippen molar-refractivity contribution >= 4 is 11.7 Å². The number of nitrogens with zero attached hydrogens (tertiary/aromatic N) is 2. The van der Waals surface area contributed by atoms with Crippen molar-refractivity contribution in [2.24, 2.45) is 0 Å². The largest absolute Gasteiger partial charge is 0.495 e. The van der Waals surface area contributed by atoms with Crippen LogP contribution in [-0.4, -0.2) is 48.6 Å². The van der Waals surface area contributed by atoms with Gasteiger partial charge in [-0.2, -0.15) is 0 Å². The molecule has 1 atom stereocenters. The van der Waals surface area contributed by atoms with Gasteiger partial charge in [-0.15, -0.1) is 0 Å². The molecule has 162 valence electrons. The highest BCUT2D eigenvalue weighted by atomic mass is 16.5. The number of hydrogen-bond acceptors (Lipinski definition) is 3. The third-order valence-corrected chi connectivity index (χ3v) is 5.94. The van der Waals surface area contributed by atoms with Gasteiger partial charge in [0.05, 0.1) is 12.8 Å². The smallest absolute Gasteiger partial charge is 0.322 e. The number of piperidine rings is 1. The predicted molar refractivity (Wildman–Crippen MR) is 123 cm³/mol. The van der Waals surface area contributed by atoms with E-state index >= 15 is 0 Å². The van der Waals surface area contributed by atoms with Crippen molar-refractivity contribution in [1.29, 1.82) is 0 Å². The van der Waals surface area contributed by atoms with Crippen LogP contribution in [0.15, 0.2) is 48.5 Å². The Morgan fingerprint density at radius 3 is 2.67 bits per heavy atom. The number of hydrogen-bond donors (Lipinski definition) is 1. The van der Waals surface area contributed by atoms with Gasteiger partial charge >= 0.3 is 6.03 Å². The van der Waals surface area contributed by atoms with Crippen molar-refractivity contribution < 1.29 is 9.53 Å². The van der Waals surface area contributed by atoms with Crippen molar-refractivity contribution in [3.8, 4) is 5.75 Å². The number of ether oxygens (including phenoxy) is 1. The Labute approximate surface area is 181 Å². The highest BCUT2D eigenvalue weighted by Crippen LogP contribution is 2.24. The summed E-state index contributed by atoms with van der Waals surface area (Å²) in [5.74, 6) is 0.670. The van der Waals surface area contributed by atoms with Gasteiger partial charge in [0.1, 0.15) is 5.75 Å². The van der Waals surface area contributed by atoms with Crippen molar-refractivity contribution in [2.75, 3.05) is 32.1 Å². The number of amides is 2. The van der Waals surface area contributed by atoms with Gasteiger partial charge in [0, 0.05) is 25.7 Å². The maximum atomic E-state index is 13.1. The first-order chi connectivity index (χ1) is 14.6. The first kappa shape index (κ1) is 22.2. The van der Waals surface area contributed by atoms with Crippen LogP contribution in [0.4, 0.5) is 10.5 Å². The van der Waals surface area contributed by atoms with Gasteiger partial charge in [0.25, 0.3) is 0 Å². The predicted octanol–water partition coefficient (Wildman–Crippen LogP) is 5.30. The Hall–Kier alpha value is -2.53. The quantitative estimate of drug-likeness (QED) is 0.643. The van der Waals surface area contributed by atoms with Crippen LogP contribution in [0.5, 0.6) is 5.75 Å². The lowest BCUT2D eigenvalue weighted by Crippen LogP contribution is -2.40. The zero-order valence-electron chi connectivity index (χ0n) is 18.6. The van der Waals surface area contributed by atoms with Crippen LogP contribution >= 0.6 is 0 Å². The number of aryl methyl sites for hydroxylation is 1. The molecular weight excluding hydrogens is 374 g/mol. The number of rotatable bonds is 8. The van der Waals surface area contributed by atoms with E-state index in [1.165, 1.54) is 31.4 Å². The highest BCUT2D eigenvalue weighted by molar-refractivity contribution is 5.91. The summed E-state index contributed by atoms with van der Waals surface area (Å²) in [6, 6.07) is 16.5. The average molecular weight is 410 g/mol. The van der Waals surface area contributed by atoms with Crippen molar-refractivity contribution in [2.45, 2.75) is 52.1 Å². The molecule has 0 aliphatic carbocycles. The van der Waals surface area contributed by atoms with E-state index in [9.17, 15) is 4.79 Å². The topological polar surface area (TPSA) is 44.8 Å². The summed E-state index contributed by atoms with van der Waals surface area (Å²) in [7, 11) is 1.62. The van der Waals surface area contributed by atoms with E-state index in [1.807, 2.05) is 29.2 Å². The molecule has 5 heteroatoms. The van der Waals surface area contributed by atoms with Crippen LogP contribution in [0.1, 0.15) is 43.7 Å². The summed E-state index contributed by atoms with van der Waals surface area (Å²) in [5, 5.41) is 3.04. The number of carbonyl (C=O) groups is 1. The van der Waals surface area contributed by atoms with Gasteiger partial charge in [-0.25, -0.2) is 4.79 Å². The number of benzene rings is 2. The molecule has 1 unspecified atom stereocenters. The fraction of sp³-hybridized carbons (Fsp3) is 0.480. The standard InChI is InChI=1S/C25H35N3O2/c1-20-12-14-22(15-13-20)19-28(18-8-17-27-16-7-6-9-21(27)2)25(29)26-23-10-4-5-11-24(23)30-3/h4-5,10-15,21H,6-9,16-19H2,1-3H3,(H,26,29). The number of likely N-dealkylation sites (tertiary alicyclic amines) is 1. The Kier molecular flexibility index (Phi) is 8.14. The van der Waals surface area contributed by atoms with Gasteiger partial charge in [0.15, 0.2) is 0 Å². The fourth-order valence-electron chi connectivity index (χ4n) is 4.06. The van der Waals surface area contributed by atoms with Crippen LogP contribution in [0, 0.1) is 6.92 Å². The lowest BCUT2D eigenvalue weighted by molar-refractivity contribution is 0.150. The minimum atomic E-state index is -0.0910. The molecule has 0 bridgehead atoms. The van der Waals surface area contributed by atoms with Crippen molar-refractivity contribution in [3.05, 3.63) is 59.7 Å². The van der Waals surface area contributed by atoms with E-state index in [2.05, 4.69) is 48.3 Å². The fourth-order valence-corrected chi connectivity index (χ4v) is 4.06. The van der Waals surface area contributed by atoms with E-state index in [4.69, 9.17) is 4.74 Å². The SMILES string of the molecule is COc1ccccc1NC(=O)N(CCCN1CCCCC1C)Cc1ccc(C)cc1. The third kappa shape index (κ3) is 6.23. The summed E-state index contributed by atoms with van der Waals surface area (Å²) in [4.78, 5) is 17.6. The number of nitrogens with one attached hydrogen (secondary N) is 1. The van der Waals surface area contributed by atoms with Gasteiger partial charge in [-0.3, -0.25) is 0 Å². The van der Waals surface area contributed by atoms with E-state index in [-0.39, 0.29) is 6.03 Å². The molecule has 0 spiro atoms. The molecule has 2 aromatic rings. The molecule has 1 N–H and O–H groups in total. The van der Waals surface area contributed by atoms with E-state index in [0.717, 1.165) is 25.1 Å². The Bertz CT molecular complexity index is 806. The monoisotopic (exact) mass is 409 g/mol. The van der Waals surface area contributed by atoms with Crippen LogP contribution in [0.3, 0.4) is 0 Å². The number of carbonyl (C=O) groups excluding carboxylic acids is 1. The van der Waals surface area contributed by atoms with Crippen LogP contribution in [0.2, 0.25) is 0 Å². The second-order valence-electron chi connectivity index (χ2n) is 8.27. The normalized spacial score (nSPS) is 16.8. The number of anilines is 1. The summed E-state index contributed by atoms with van der Waals surface area (Å²) < 4.78 is 5.39. The zero-order chi connectivity index (χ0) is 21.3.